The number of rotatable bonds is 8. The van der Waals surface area contributed by atoms with Crippen molar-refractivity contribution in [3.05, 3.63) is 0 Å². The Morgan fingerprint density at radius 3 is 2.60 bits per heavy atom. The van der Waals surface area contributed by atoms with E-state index in [1.54, 1.807) is 6.92 Å². The molecule has 0 saturated heterocycles. The monoisotopic (exact) mass is 216 g/mol. The SMILES string of the molecule is CCNCC(=O)NCCCC(=O)OCC. The average Bonchev–Trinajstić information content (AvgIpc) is 2.22. The summed E-state index contributed by atoms with van der Waals surface area (Å²) in [6, 6.07) is 0. The van der Waals surface area contributed by atoms with Crippen LogP contribution in [0.2, 0.25) is 0 Å². The van der Waals surface area contributed by atoms with E-state index >= 15 is 0 Å². The zero-order valence-electron chi connectivity index (χ0n) is 9.47. The summed E-state index contributed by atoms with van der Waals surface area (Å²) in [5.41, 5.74) is 0. The molecule has 0 fully saturated rings. The highest BCUT2D eigenvalue weighted by Crippen LogP contribution is 1.90. The lowest BCUT2D eigenvalue weighted by atomic mass is 10.3. The second-order valence-electron chi connectivity index (χ2n) is 3.04. The summed E-state index contributed by atoms with van der Waals surface area (Å²) in [6.45, 7) is 5.74. The number of carbonyl (C=O) groups is 2. The number of hydrogen-bond acceptors (Lipinski definition) is 4. The normalized spacial score (nSPS) is 9.73. The first-order chi connectivity index (χ1) is 7.20. The predicted molar refractivity (Wildman–Crippen MR) is 57.4 cm³/mol. The Balaban J connectivity index is 3.30. The first-order valence-electron chi connectivity index (χ1n) is 5.33. The standard InChI is InChI=1S/C10H20N2O3/c1-3-11-8-9(13)12-7-5-6-10(14)15-4-2/h11H,3-8H2,1-2H3,(H,12,13). The lowest BCUT2D eigenvalue weighted by molar-refractivity contribution is -0.143. The molecule has 0 spiro atoms. The highest BCUT2D eigenvalue weighted by Gasteiger charge is 2.02. The fraction of sp³-hybridized carbons (Fsp3) is 0.800. The Labute approximate surface area is 90.6 Å². The van der Waals surface area contributed by atoms with E-state index in [1.807, 2.05) is 6.92 Å². The van der Waals surface area contributed by atoms with Crippen LogP contribution in [0, 0.1) is 0 Å². The van der Waals surface area contributed by atoms with Gasteiger partial charge < -0.3 is 15.4 Å². The minimum Gasteiger partial charge on any atom is -0.466 e. The molecule has 5 heteroatoms. The zero-order valence-corrected chi connectivity index (χ0v) is 9.47. The van der Waals surface area contributed by atoms with Crippen molar-refractivity contribution in [3.8, 4) is 0 Å². The molecule has 5 nitrogen and oxygen atoms in total. The Morgan fingerprint density at radius 2 is 2.00 bits per heavy atom. The van der Waals surface area contributed by atoms with Crippen molar-refractivity contribution in [2.45, 2.75) is 26.7 Å². The van der Waals surface area contributed by atoms with Crippen LogP contribution in [0.4, 0.5) is 0 Å². The van der Waals surface area contributed by atoms with Crippen LogP contribution >= 0.6 is 0 Å². The van der Waals surface area contributed by atoms with Crippen molar-refractivity contribution < 1.29 is 14.3 Å². The molecule has 0 unspecified atom stereocenters. The summed E-state index contributed by atoms with van der Waals surface area (Å²) in [5, 5.41) is 5.62. The van der Waals surface area contributed by atoms with E-state index in [9.17, 15) is 9.59 Å². The molecular formula is C10H20N2O3. The molecule has 0 aromatic rings. The van der Waals surface area contributed by atoms with Crippen molar-refractivity contribution in [2.24, 2.45) is 0 Å². The van der Waals surface area contributed by atoms with Crippen molar-refractivity contribution in [3.63, 3.8) is 0 Å². The minimum absolute atomic E-state index is 0.0410. The molecule has 0 rings (SSSR count). The molecule has 0 aliphatic rings. The van der Waals surface area contributed by atoms with Gasteiger partial charge in [0, 0.05) is 13.0 Å². The van der Waals surface area contributed by atoms with Crippen LogP contribution in [0.5, 0.6) is 0 Å². The van der Waals surface area contributed by atoms with Crippen LogP contribution in [-0.4, -0.2) is 38.1 Å². The highest BCUT2D eigenvalue weighted by molar-refractivity contribution is 5.78. The van der Waals surface area contributed by atoms with Gasteiger partial charge in [-0.25, -0.2) is 0 Å². The summed E-state index contributed by atoms with van der Waals surface area (Å²) in [6.07, 6.45) is 0.978. The Hall–Kier alpha value is -1.10. The number of hydrogen-bond donors (Lipinski definition) is 2. The van der Waals surface area contributed by atoms with Crippen LogP contribution in [0.1, 0.15) is 26.7 Å². The van der Waals surface area contributed by atoms with Gasteiger partial charge >= 0.3 is 5.97 Å². The largest absolute Gasteiger partial charge is 0.466 e. The number of ether oxygens (including phenoxy) is 1. The maximum absolute atomic E-state index is 11.1. The quantitative estimate of drug-likeness (QED) is 0.444. The van der Waals surface area contributed by atoms with Crippen LogP contribution in [-0.2, 0) is 14.3 Å². The molecule has 15 heavy (non-hydrogen) atoms. The van der Waals surface area contributed by atoms with Gasteiger partial charge in [-0.05, 0) is 19.9 Å². The Kier molecular flexibility index (Phi) is 8.76. The van der Waals surface area contributed by atoms with Crippen LogP contribution in [0.25, 0.3) is 0 Å². The van der Waals surface area contributed by atoms with Crippen LogP contribution < -0.4 is 10.6 Å². The third kappa shape index (κ3) is 9.21. The number of amides is 1. The van der Waals surface area contributed by atoms with E-state index in [0.29, 0.717) is 32.5 Å². The van der Waals surface area contributed by atoms with E-state index in [0.717, 1.165) is 6.54 Å². The van der Waals surface area contributed by atoms with Gasteiger partial charge in [0.05, 0.1) is 13.2 Å². The molecule has 88 valence electrons. The van der Waals surface area contributed by atoms with Gasteiger partial charge in [0.2, 0.25) is 5.91 Å². The van der Waals surface area contributed by atoms with Crippen molar-refractivity contribution >= 4 is 11.9 Å². The fourth-order valence-electron chi connectivity index (χ4n) is 0.995. The minimum atomic E-state index is -0.210. The van der Waals surface area contributed by atoms with Gasteiger partial charge in [-0.3, -0.25) is 9.59 Å². The Bertz CT molecular complexity index is 195. The van der Waals surface area contributed by atoms with Gasteiger partial charge in [0.1, 0.15) is 0 Å². The van der Waals surface area contributed by atoms with E-state index in [2.05, 4.69) is 10.6 Å². The van der Waals surface area contributed by atoms with Crippen molar-refractivity contribution in [1.82, 2.24) is 10.6 Å². The maximum atomic E-state index is 11.1. The Morgan fingerprint density at radius 1 is 1.27 bits per heavy atom. The lowest BCUT2D eigenvalue weighted by Gasteiger charge is -2.05. The molecule has 0 aliphatic carbocycles. The first-order valence-corrected chi connectivity index (χ1v) is 5.33. The molecular weight excluding hydrogens is 196 g/mol. The van der Waals surface area contributed by atoms with E-state index in [1.165, 1.54) is 0 Å². The first kappa shape index (κ1) is 13.9. The van der Waals surface area contributed by atoms with Crippen LogP contribution in [0.3, 0.4) is 0 Å². The summed E-state index contributed by atoms with van der Waals surface area (Å²) in [5.74, 6) is -0.251. The number of esters is 1. The lowest BCUT2D eigenvalue weighted by Crippen LogP contribution is -2.34. The molecule has 0 atom stereocenters. The number of carbonyl (C=O) groups excluding carboxylic acids is 2. The predicted octanol–water partition coefficient (Wildman–Crippen LogP) is 0.0554. The van der Waals surface area contributed by atoms with Crippen molar-refractivity contribution in [1.29, 1.82) is 0 Å². The molecule has 0 radical (unpaired) electrons. The third-order valence-corrected chi connectivity index (χ3v) is 1.72. The molecule has 1 amide bonds. The smallest absolute Gasteiger partial charge is 0.305 e. The summed E-state index contributed by atoms with van der Waals surface area (Å²) >= 11 is 0. The van der Waals surface area contributed by atoms with Gasteiger partial charge in [0.15, 0.2) is 0 Å². The molecule has 0 aromatic heterocycles. The third-order valence-electron chi connectivity index (χ3n) is 1.72. The fourth-order valence-corrected chi connectivity index (χ4v) is 0.995. The number of nitrogens with one attached hydrogen (secondary N) is 2. The molecule has 0 aromatic carbocycles. The number of likely N-dealkylation sites (N-methyl/N-ethyl adjacent to an activating group) is 1. The van der Waals surface area contributed by atoms with Gasteiger partial charge in [-0.1, -0.05) is 6.92 Å². The van der Waals surface area contributed by atoms with E-state index < -0.39 is 0 Å². The molecule has 0 bridgehead atoms. The van der Waals surface area contributed by atoms with Crippen molar-refractivity contribution in [2.75, 3.05) is 26.2 Å². The molecule has 2 N–H and O–H groups in total. The van der Waals surface area contributed by atoms with Gasteiger partial charge in [0.25, 0.3) is 0 Å². The van der Waals surface area contributed by atoms with Gasteiger partial charge in [-0.2, -0.15) is 0 Å². The summed E-state index contributed by atoms with van der Waals surface area (Å²) in [7, 11) is 0. The molecule has 0 saturated carbocycles. The molecule has 0 heterocycles. The maximum Gasteiger partial charge on any atom is 0.305 e. The second kappa shape index (κ2) is 9.45. The summed E-state index contributed by atoms with van der Waals surface area (Å²) in [4.78, 5) is 22.0. The summed E-state index contributed by atoms with van der Waals surface area (Å²) < 4.78 is 4.75. The highest BCUT2D eigenvalue weighted by atomic mass is 16.5. The average molecular weight is 216 g/mol. The second-order valence-corrected chi connectivity index (χ2v) is 3.04. The zero-order chi connectivity index (χ0) is 11.5. The molecule has 0 aliphatic heterocycles. The van der Waals surface area contributed by atoms with Crippen LogP contribution in [0.15, 0.2) is 0 Å². The van der Waals surface area contributed by atoms with E-state index in [-0.39, 0.29) is 11.9 Å². The van der Waals surface area contributed by atoms with E-state index in [4.69, 9.17) is 4.74 Å². The topological polar surface area (TPSA) is 67.4 Å². The van der Waals surface area contributed by atoms with Gasteiger partial charge in [-0.15, -0.1) is 0 Å².